The molecule has 1 unspecified atom stereocenters. The Labute approximate surface area is 153 Å². The highest BCUT2D eigenvalue weighted by Crippen LogP contribution is 2.29. The van der Waals surface area contributed by atoms with Crippen LogP contribution in [0.4, 0.5) is 11.4 Å². The van der Waals surface area contributed by atoms with E-state index in [4.69, 9.17) is 22.8 Å². The first-order valence-electron chi connectivity index (χ1n) is 8.20. The molecule has 0 aliphatic carbocycles. The second kappa shape index (κ2) is 7.44. The molecule has 1 aliphatic heterocycles. The number of anilines is 2. The molecule has 1 aliphatic rings. The van der Waals surface area contributed by atoms with Crippen molar-refractivity contribution in [2.75, 3.05) is 18.1 Å². The highest BCUT2D eigenvalue weighted by Gasteiger charge is 2.38. The van der Waals surface area contributed by atoms with Crippen LogP contribution in [0.25, 0.3) is 0 Å². The highest BCUT2D eigenvalue weighted by atomic mass is 16.1. The Balaban J connectivity index is 2.44. The maximum absolute atomic E-state index is 13.0. The minimum Gasteiger partial charge on any atom is -0.398 e. The third-order valence-electron chi connectivity index (χ3n) is 4.51. The maximum Gasteiger partial charge on any atom is 0.255 e. The monoisotopic (exact) mass is 358 g/mol. The van der Waals surface area contributed by atoms with Crippen LogP contribution in [-0.2, 0) is 4.79 Å². The molecule has 1 heterocycles. The van der Waals surface area contributed by atoms with Gasteiger partial charge in [-0.1, -0.05) is 13.8 Å². The number of carbonyl (C=O) groups excluding carboxylic acids is 1. The molecule has 0 fully saturated rings. The standard InChI is InChI=1S/C17H26N8O/c1-9(2)15-14(10(3)24(4)17(23-20)25(15)21)16(26)22-12-5-6-13(19)11(7-12)8-18/h5-9,15,18H,19-21H2,1-4H3,(H,22,26)/b18-8?,23-17-. The molecule has 1 atom stereocenters. The van der Waals surface area contributed by atoms with E-state index in [0.717, 1.165) is 11.9 Å². The number of hydrazone groups is 1. The zero-order chi connectivity index (χ0) is 19.6. The van der Waals surface area contributed by atoms with Crippen molar-refractivity contribution in [2.45, 2.75) is 26.8 Å². The van der Waals surface area contributed by atoms with Crippen LogP contribution in [0.1, 0.15) is 26.3 Å². The number of nitrogen functional groups attached to an aromatic ring is 1. The molecule has 0 spiro atoms. The minimum absolute atomic E-state index is 0.0460. The molecule has 26 heavy (non-hydrogen) atoms. The van der Waals surface area contributed by atoms with Crippen molar-refractivity contribution in [2.24, 2.45) is 22.7 Å². The number of rotatable bonds is 4. The summed E-state index contributed by atoms with van der Waals surface area (Å²) in [5.74, 6) is 11.8. The minimum atomic E-state index is -0.385. The van der Waals surface area contributed by atoms with Crippen molar-refractivity contribution < 1.29 is 4.79 Å². The van der Waals surface area contributed by atoms with Crippen molar-refractivity contribution in [3.05, 3.63) is 35.0 Å². The van der Waals surface area contributed by atoms with Crippen LogP contribution in [0, 0.1) is 11.3 Å². The number of allylic oxidation sites excluding steroid dienone is 1. The van der Waals surface area contributed by atoms with E-state index in [1.54, 1.807) is 30.1 Å². The zero-order valence-electron chi connectivity index (χ0n) is 15.4. The molecule has 8 N–H and O–H groups in total. The first kappa shape index (κ1) is 19.3. The summed E-state index contributed by atoms with van der Waals surface area (Å²) in [6, 6.07) is 4.61. The van der Waals surface area contributed by atoms with Gasteiger partial charge in [0.15, 0.2) is 0 Å². The van der Waals surface area contributed by atoms with Gasteiger partial charge in [0.1, 0.15) is 0 Å². The number of nitrogens with zero attached hydrogens (tertiary/aromatic N) is 3. The highest BCUT2D eigenvalue weighted by molar-refractivity contribution is 6.07. The predicted octanol–water partition coefficient (Wildman–Crippen LogP) is 0.854. The lowest BCUT2D eigenvalue weighted by atomic mass is 9.91. The molecule has 1 amide bonds. The van der Waals surface area contributed by atoms with Gasteiger partial charge in [-0.15, -0.1) is 5.10 Å². The fraction of sp³-hybridized carbons (Fsp3) is 0.353. The molecule has 0 bridgehead atoms. The summed E-state index contributed by atoms with van der Waals surface area (Å²) >= 11 is 0. The normalized spacial score (nSPS) is 19.3. The molecular formula is C17H26N8O. The molecule has 0 aromatic heterocycles. The van der Waals surface area contributed by atoms with Gasteiger partial charge in [0.2, 0.25) is 5.96 Å². The number of nitrogens with one attached hydrogen (secondary N) is 2. The third kappa shape index (κ3) is 3.33. The summed E-state index contributed by atoms with van der Waals surface area (Å²) in [7, 11) is 1.75. The van der Waals surface area contributed by atoms with E-state index in [1.165, 1.54) is 5.01 Å². The summed E-state index contributed by atoms with van der Waals surface area (Å²) in [5.41, 5.74) is 8.61. The molecule has 0 saturated carbocycles. The van der Waals surface area contributed by atoms with E-state index in [0.29, 0.717) is 28.5 Å². The molecule has 1 aromatic rings. The van der Waals surface area contributed by atoms with E-state index in [-0.39, 0.29) is 17.9 Å². The number of amides is 1. The number of benzene rings is 1. The van der Waals surface area contributed by atoms with Crippen LogP contribution >= 0.6 is 0 Å². The molecule has 2 rings (SSSR count). The summed E-state index contributed by atoms with van der Waals surface area (Å²) in [6.45, 7) is 5.77. The first-order valence-corrected chi connectivity index (χ1v) is 8.20. The average molecular weight is 358 g/mol. The second-order valence-electron chi connectivity index (χ2n) is 6.53. The second-order valence-corrected chi connectivity index (χ2v) is 6.53. The Morgan fingerprint density at radius 3 is 2.62 bits per heavy atom. The van der Waals surface area contributed by atoms with Crippen LogP contribution in [0.2, 0.25) is 0 Å². The van der Waals surface area contributed by atoms with E-state index < -0.39 is 0 Å². The topological polar surface area (TPSA) is 150 Å². The lowest BCUT2D eigenvalue weighted by Crippen LogP contribution is -2.59. The van der Waals surface area contributed by atoms with E-state index in [1.807, 2.05) is 20.8 Å². The fourth-order valence-electron chi connectivity index (χ4n) is 3.06. The van der Waals surface area contributed by atoms with Crippen molar-refractivity contribution in [3.8, 4) is 0 Å². The van der Waals surface area contributed by atoms with Crippen molar-refractivity contribution in [1.29, 1.82) is 5.41 Å². The van der Waals surface area contributed by atoms with Crippen LogP contribution in [-0.4, -0.2) is 41.1 Å². The third-order valence-corrected chi connectivity index (χ3v) is 4.51. The van der Waals surface area contributed by atoms with Gasteiger partial charge in [0.25, 0.3) is 5.91 Å². The number of hydrazine groups is 1. The van der Waals surface area contributed by atoms with Crippen LogP contribution in [0.15, 0.2) is 34.6 Å². The summed E-state index contributed by atoms with van der Waals surface area (Å²) in [6.07, 6.45) is 1.15. The Morgan fingerprint density at radius 1 is 1.42 bits per heavy atom. The van der Waals surface area contributed by atoms with Crippen LogP contribution in [0.5, 0.6) is 0 Å². The van der Waals surface area contributed by atoms with E-state index in [9.17, 15) is 4.79 Å². The number of carbonyl (C=O) groups is 1. The Bertz CT molecular complexity index is 783. The average Bonchev–Trinajstić information content (AvgIpc) is 2.59. The molecule has 9 nitrogen and oxygen atoms in total. The van der Waals surface area contributed by atoms with Gasteiger partial charge in [-0.3, -0.25) is 9.80 Å². The van der Waals surface area contributed by atoms with Gasteiger partial charge >= 0.3 is 0 Å². The number of hydrogen-bond donors (Lipinski definition) is 5. The quantitative estimate of drug-likeness (QED) is 0.233. The lowest BCUT2D eigenvalue weighted by molar-refractivity contribution is -0.113. The van der Waals surface area contributed by atoms with Gasteiger partial charge < -0.3 is 27.2 Å². The first-order chi connectivity index (χ1) is 12.2. The van der Waals surface area contributed by atoms with Crippen molar-refractivity contribution in [3.63, 3.8) is 0 Å². The molecule has 140 valence electrons. The largest absolute Gasteiger partial charge is 0.398 e. The van der Waals surface area contributed by atoms with Gasteiger partial charge in [-0.2, -0.15) is 0 Å². The molecule has 1 aromatic carbocycles. The molecule has 0 radical (unpaired) electrons. The molecular weight excluding hydrogens is 332 g/mol. The number of nitrogens with two attached hydrogens (primary N) is 3. The van der Waals surface area contributed by atoms with Gasteiger partial charge in [-0.25, -0.2) is 5.84 Å². The van der Waals surface area contributed by atoms with Crippen LogP contribution in [0.3, 0.4) is 0 Å². The Hall–Kier alpha value is -3.07. The summed E-state index contributed by atoms with van der Waals surface area (Å²) in [5, 5.41) is 15.4. The lowest BCUT2D eigenvalue weighted by Gasteiger charge is -2.42. The van der Waals surface area contributed by atoms with Crippen molar-refractivity contribution in [1.82, 2.24) is 9.91 Å². The number of hydrogen-bond acceptors (Lipinski definition) is 6. The number of guanidine groups is 1. The Kier molecular flexibility index (Phi) is 5.51. The van der Waals surface area contributed by atoms with Crippen molar-refractivity contribution >= 4 is 29.5 Å². The van der Waals surface area contributed by atoms with E-state index >= 15 is 0 Å². The van der Waals surface area contributed by atoms with Gasteiger partial charge in [0.05, 0.1) is 11.6 Å². The smallest absolute Gasteiger partial charge is 0.255 e. The van der Waals surface area contributed by atoms with Gasteiger partial charge in [-0.05, 0) is 31.0 Å². The zero-order valence-corrected chi connectivity index (χ0v) is 15.4. The van der Waals surface area contributed by atoms with E-state index in [2.05, 4.69) is 10.4 Å². The predicted molar refractivity (Wildman–Crippen MR) is 104 cm³/mol. The molecule has 0 saturated heterocycles. The van der Waals surface area contributed by atoms with Crippen LogP contribution < -0.4 is 22.7 Å². The summed E-state index contributed by atoms with van der Waals surface area (Å²) in [4.78, 5) is 14.7. The maximum atomic E-state index is 13.0. The molecule has 9 heteroatoms. The van der Waals surface area contributed by atoms with Gasteiger partial charge in [0, 0.05) is 35.9 Å². The SMILES string of the molecule is CC1=C(C(=O)Nc2ccc(N)c(C=N)c2)C(C(C)C)N(N)/C(=N\N)N1C. The fourth-order valence-corrected chi connectivity index (χ4v) is 3.06. The summed E-state index contributed by atoms with van der Waals surface area (Å²) < 4.78 is 0. The Morgan fingerprint density at radius 2 is 2.08 bits per heavy atom.